The average molecular weight is 603 g/mol. The largest absolute Gasteiger partial charge is 0.490 e. The van der Waals surface area contributed by atoms with Gasteiger partial charge >= 0.3 is 0 Å². The van der Waals surface area contributed by atoms with Gasteiger partial charge in [0.2, 0.25) is 5.91 Å². The summed E-state index contributed by atoms with van der Waals surface area (Å²) in [5.74, 6) is -1.71. The quantitative estimate of drug-likeness (QED) is 0.163. The summed E-state index contributed by atoms with van der Waals surface area (Å²) >= 11 is 1.40. The number of hydrogen-bond donors (Lipinski definition) is 0. The number of carbonyl (C=O) groups excluding carboxylic acids is 1. The summed E-state index contributed by atoms with van der Waals surface area (Å²) in [6.07, 6.45) is 2.77. The lowest BCUT2D eigenvalue weighted by molar-refractivity contribution is -0.129. The van der Waals surface area contributed by atoms with Gasteiger partial charge in [-0.3, -0.25) is 9.48 Å². The summed E-state index contributed by atoms with van der Waals surface area (Å²) < 4.78 is 43.9. The smallest absolute Gasteiger partial charge is 0.246 e. The number of fused-ring (bicyclic) bond motifs is 2. The Morgan fingerprint density at radius 1 is 1.14 bits per heavy atom. The molecule has 12 heteroatoms. The highest BCUT2D eigenvalue weighted by atomic mass is 32.1. The molecule has 6 rings (SSSR count). The zero-order valence-corrected chi connectivity index (χ0v) is 24.6. The van der Waals surface area contributed by atoms with Crippen LogP contribution in [0.4, 0.5) is 8.78 Å². The molecule has 43 heavy (non-hydrogen) atoms. The molecule has 0 N–H and O–H groups in total. The van der Waals surface area contributed by atoms with Gasteiger partial charge in [-0.1, -0.05) is 6.58 Å². The number of methoxy groups -OCH3 is 1. The summed E-state index contributed by atoms with van der Waals surface area (Å²) in [6.45, 7) is 8.54. The minimum absolute atomic E-state index is 0.0262. The van der Waals surface area contributed by atoms with Gasteiger partial charge in [0.15, 0.2) is 0 Å². The molecule has 1 atom stereocenters. The highest BCUT2D eigenvalue weighted by Gasteiger charge is 2.30. The van der Waals surface area contributed by atoms with Crippen LogP contribution in [0.5, 0.6) is 5.75 Å². The number of rotatable bonds is 8. The lowest BCUT2D eigenvalue weighted by Crippen LogP contribution is -2.44. The molecule has 0 radical (unpaired) electrons. The van der Waals surface area contributed by atoms with Crippen LogP contribution in [-0.4, -0.2) is 61.9 Å². The summed E-state index contributed by atoms with van der Waals surface area (Å²) in [4.78, 5) is 28.0. The van der Waals surface area contributed by atoms with Gasteiger partial charge in [-0.2, -0.15) is 5.10 Å². The number of benzene rings is 1. The summed E-state index contributed by atoms with van der Waals surface area (Å²) in [5.41, 5.74) is 4.06. The average Bonchev–Trinajstić information content (AvgIpc) is 3.63. The second-order valence-electron chi connectivity index (χ2n) is 10.2. The van der Waals surface area contributed by atoms with Crippen LogP contribution in [0.2, 0.25) is 0 Å². The molecule has 4 aromatic heterocycles. The fourth-order valence-electron chi connectivity index (χ4n) is 5.31. The Labute approximate surface area is 250 Å². The molecule has 0 bridgehead atoms. The predicted molar refractivity (Wildman–Crippen MR) is 160 cm³/mol. The number of carbonyl (C=O) groups is 1. The lowest BCUT2D eigenvalue weighted by Gasteiger charge is -2.33. The third-order valence-corrected chi connectivity index (χ3v) is 8.27. The van der Waals surface area contributed by atoms with E-state index in [-0.39, 0.29) is 36.5 Å². The van der Waals surface area contributed by atoms with E-state index in [1.54, 1.807) is 4.90 Å². The molecule has 1 amide bonds. The molecule has 5 heterocycles. The van der Waals surface area contributed by atoms with E-state index in [0.29, 0.717) is 46.1 Å². The first-order valence-corrected chi connectivity index (χ1v) is 14.5. The van der Waals surface area contributed by atoms with Crippen LogP contribution in [-0.2, 0) is 22.6 Å². The number of thiophene rings is 1. The van der Waals surface area contributed by atoms with Crippen molar-refractivity contribution < 1.29 is 23.0 Å². The number of amides is 1. The molecule has 0 spiro atoms. The Balaban J connectivity index is 1.63. The molecule has 220 valence electrons. The van der Waals surface area contributed by atoms with Crippen LogP contribution < -0.4 is 4.74 Å². The van der Waals surface area contributed by atoms with Crippen LogP contribution >= 0.6 is 11.3 Å². The first-order valence-electron chi connectivity index (χ1n) is 13.6. The van der Waals surface area contributed by atoms with Gasteiger partial charge in [0.1, 0.15) is 41.7 Å². The summed E-state index contributed by atoms with van der Waals surface area (Å²) in [6, 6.07) is 7.47. The Morgan fingerprint density at radius 3 is 2.74 bits per heavy atom. The minimum atomic E-state index is -0.795. The molecule has 5 aromatic rings. The highest BCUT2D eigenvalue weighted by Crippen LogP contribution is 2.47. The van der Waals surface area contributed by atoms with E-state index in [2.05, 4.69) is 16.5 Å². The van der Waals surface area contributed by atoms with Crippen LogP contribution in [0.1, 0.15) is 18.3 Å². The topological polar surface area (TPSA) is 95.3 Å². The minimum Gasteiger partial charge on any atom is -0.490 e. The molecule has 0 fully saturated rings. The van der Waals surface area contributed by atoms with Gasteiger partial charge < -0.3 is 14.4 Å². The van der Waals surface area contributed by atoms with Crippen LogP contribution in [0.3, 0.4) is 0 Å². The van der Waals surface area contributed by atoms with Crippen LogP contribution in [0.15, 0.2) is 54.7 Å². The highest BCUT2D eigenvalue weighted by molar-refractivity contribution is 7.18. The van der Waals surface area contributed by atoms with Crippen molar-refractivity contribution in [1.29, 1.82) is 0 Å². The number of aryl methyl sites for hydroxylation is 1. The van der Waals surface area contributed by atoms with E-state index in [0.717, 1.165) is 28.9 Å². The van der Waals surface area contributed by atoms with Crippen molar-refractivity contribution in [1.82, 2.24) is 29.6 Å². The molecule has 1 aliphatic heterocycles. The fourth-order valence-corrected chi connectivity index (χ4v) is 6.26. The Hall–Kier alpha value is -4.55. The molecular weight excluding hydrogens is 574 g/mol. The molecular formula is C31H28F2N6O3S. The first kappa shape index (κ1) is 28.6. The number of nitrogens with zero attached hydrogens (tertiary/aromatic N) is 6. The number of halogens is 2. The maximum atomic E-state index is 15.9. The molecule has 1 unspecified atom stereocenters. The second kappa shape index (κ2) is 11.6. The molecule has 9 nitrogen and oxygen atoms in total. The number of hydrogen-bond acceptors (Lipinski definition) is 8. The molecule has 0 saturated carbocycles. The molecule has 1 aliphatic rings. The van der Waals surface area contributed by atoms with Gasteiger partial charge in [-0.15, -0.1) is 11.3 Å². The van der Waals surface area contributed by atoms with Gasteiger partial charge in [-0.25, -0.2) is 23.7 Å². The van der Waals surface area contributed by atoms with Crippen molar-refractivity contribution in [2.75, 3.05) is 20.3 Å². The number of pyridine rings is 1. The number of ether oxygens (including phenoxy) is 2. The lowest BCUT2D eigenvalue weighted by atomic mass is 9.97. The summed E-state index contributed by atoms with van der Waals surface area (Å²) in [5, 5.41) is 7.51. The van der Waals surface area contributed by atoms with Gasteiger partial charge in [0, 0.05) is 46.6 Å². The van der Waals surface area contributed by atoms with Gasteiger partial charge in [0.25, 0.3) is 0 Å². The Bertz CT molecular complexity index is 1870. The normalized spacial score (nSPS) is 14.6. The van der Waals surface area contributed by atoms with E-state index < -0.39 is 11.6 Å². The van der Waals surface area contributed by atoms with Crippen molar-refractivity contribution in [2.45, 2.75) is 33.0 Å². The molecule has 0 saturated heterocycles. The van der Waals surface area contributed by atoms with E-state index in [9.17, 15) is 9.18 Å². The SMILES string of the molecule is C=CC(=O)N1Cc2cc(-c3nc(-c4cc(C)ncn4)c4ccsc4c3-c3c(F)cc(F)cc3OCCOC)nn2CC1C. The van der Waals surface area contributed by atoms with Gasteiger partial charge in [-0.05, 0) is 43.5 Å². The van der Waals surface area contributed by atoms with E-state index in [1.165, 1.54) is 30.8 Å². The number of aromatic nitrogens is 5. The van der Waals surface area contributed by atoms with Crippen molar-refractivity contribution in [3.05, 3.63) is 77.7 Å². The zero-order chi connectivity index (χ0) is 30.2. The molecule has 1 aromatic carbocycles. The fraction of sp³-hybridized carbons (Fsp3) is 0.258. The maximum absolute atomic E-state index is 15.9. The first-order chi connectivity index (χ1) is 20.8. The van der Waals surface area contributed by atoms with E-state index >= 15 is 4.39 Å². The van der Waals surface area contributed by atoms with Crippen molar-refractivity contribution in [3.63, 3.8) is 0 Å². The maximum Gasteiger partial charge on any atom is 0.246 e. The monoisotopic (exact) mass is 602 g/mol. The van der Waals surface area contributed by atoms with Crippen molar-refractivity contribution in [2.24, 2.45) is 0 Å². The van der Waals surface area contributed by atoms with Crippen molar-refractivity contribution in [3.8, 4) is 39.7 Å². The van der Waals surface area contributed by atoms with E-state index in [1.807, 2.05) is 42.1 Å². The third kappa shape index (κ3) is 5.28. The van der Waals surface area contributed by atoms with Crippen LogP contribution in [0.25, 0.3) is 44.0 Å². The van der Waals surface area contributed by atoms with Crippen LogP contribution in [0, 0.1) is 18.6 Å². The third-order valence-electron chi connectivity index (χ3n) is 7.33. The molecule has 0 aliphatic carbocycles. The summed E-state index contributed by atoms with van der Waals surface area (Å²) in [7, 11) is 1.52. The second-order valence-corrected chi connectivity index (χ2v) is 11.1. The standard InChI is InChI=1S/C31H28F2N6O3S/c1-5-26(40)38-15-20-13-24(37-39(20)14-18(38)3)30-28(27-22(33)11-19(32)12-25(27)42-8-7-41-4)31-21(6-9-43-31)29(36-30)23-10-17(2)34-16-35-23/h5-6,9-13,16,18H,1,7-8,14-15H2,2-4H3. The zero-order valence-electron chi connectivity index (χ0n) is 23.8. The van der Waals surface area contributed by atoms with Gasteiger partial charge in [0.05, 0.1) is 42.3 Å². The van der Waals surface area contributed by atoms with E-state index in [4.69, 9.17) is 19.6 Å². The Morgan fingerprint density at radius 2 is 1.98 bits per heavy atom. The van der Waals surface area contributed by atoms with Crippen molar-refractivity contribution >= 4 is 27.3 Å². The Kier molecular flexibility index (Phi) is 7.72. The predicted octanol–water partition coefficient (Wildman–Crippen LogP) is 5.81.